The van der Waals surface area contributed by atoms with E-state index >= 15 is 0 Å². The Morgan fingerprint density at radius 3 is 2.16 bits per heavy atom. The van der Waals surface area contributed by atoms with E-state index in [0.29, 0.717) is 5.92 Å². The van der Waals surface area contributed by atoms with Gasteiger partial charge in [0.15, 0.2) is 6.10 Å². The van der Waals surface area contributed by atoms with E-state index in [1.807, 2.05) is 44.2 Å². The van der Waals surface area contributed by atoms with E-state index in [9.17, 15) is 4.79 Å². The Kier molecular flexibility index (Phi) is 6.63. The Morgan fingerprint density at radius 1 is 1.00 bits per heavy atom. The Labute approximate surface area is 151 Å². The average molecular weight is 339 g/mol. The molecule has 1 N–H and O–H groups in total. The highest BCUT2D eigenvalue weighted by Gasteiger charge is 2.21. The molecule has 0 bridgehead atoms. The van der Waals surface area contributed by atoms with Crippen molar-refractivity contribution in [2.75, 3.05) is 0 Å². The largest absolute Gasteiger partial charge is 0.481 e. The minimum absolute atomic E-state index is 0.000930. The summed E-state index contributed by atoms with van der Waals surface area (Å²) >= 11 is 0. The Morgan fingerprint density at radius 2 is 1.60 bits per heavy atom. The molecule has 134 valence electrons. The zero-order chi connectivity index (χ0) is 18.4. The van der Waals surface area contributed by atoms with Crippen LogP contribution in [-0.2, 0) is 4.79 Å². The van der Waals surface area contributed by atoms with Crippen molar-refractivity contribution in [2.24, 2.45) is 5.92 Å². The van der Waals surface area contributed by atoms with Gasteiger partial charge in [-0.1, -0.05) is 50.2 Å². The van der Waals surface area contributed by atoms with Gasteiger partial charge in [-0.15, -0.1) is 0 Å². The smallest absolute Gasteiger partial charge is 0.261 e. The SMILES string of the molecule is Cc1cc(C)cc(O[C@H](C)C(=O)N[C@@H](CC(C)C)c2ccccc2)c1. The third kappa shape index (κ3) is 5.93. The van der Waals surface area contributed by atoms with Crippen molar-refractivity contribution in [3.8, 4) is 5.75 Å². The number of ether oxygens (including phenoxy) is 1. The third-order valence-electron chi connectivity index (χ3n) is 4.10. The lowest BCUT2D eigenvalue weighted by Gasteiger charge is -2.23. The van der Waals surface area contributed by atoms with Gasteiger partial charge in [0.25, 0.3) is 5.91 Å². The summed E-state index contributed by atoms with van der Waals surface area (Å²) in [7, 11) is 0. The first-order valence-electron chi connectivity index (χ1n) is 8.95. The highest BCUT2D eigenvalue weighted by atomic mass is 16.5. The minimum atomic E-state index is -0.542. The molecule has 0 spiro atoms. The zero-order valence-corrected chi connectivity index (χ0v) is 15.9. The molecule has 0 fully saturated rings. The standard InChI is InChI=1S/C22H29NO2/c1-15(2)11-21(19-9-7-6-8-10-19)23-22(24)18(5)25-20-13-16(3)12-17(4)14-20/h6-10,12-15,18,21H,11H2,1-5H3,(H,23,24)/t18-,21+/m1/s1. The van der Waals surface area contributed by atoms with E-state index in [1.54, 1.807) is 6.92 Å². The van der Waals surface area contributed by atoms with Crippen LogP contribution in [0, 0.1) is 19.8 Å². The number of amides is 1. The maximum atomic E-state index is 12.6. The summed E-state index contributed by atoms with van der Waals surface area (Å²) in [5.41, 5.74) is 3.39. The van der Waals surface area contributed by atoms with Crippen LogP contribution in [0.2, 0.25) is 0 Å². The molecule has 0 unspecified atom stereocenters. The molecular weight excluding hydrogens is 310 g/mol. The molecule has 0 heterocycles. The Bertz CT molecular complexity index is 674. The maximum absolute atomic E-state index is 12.6. The molecule has 3 heteroatoms. The zero-order valence-electron chi connectivity index (χ0n) is 15.9. The van der Waals surface area contributed by atoms with Crippen molar-refractivity contribution >= 4 is 5.91 Å². The molecule has 0 saturated heterocycles. The normalized spacial score (nSPS) is 13.4. The molecule has 2 aromatic rings. The summed E-state index contributed by atoms with van der Waals surface area (Å²) in [5.74, 6) is 1.13. The number of hydrogen-bond donors (Lipinski definition) is 1. The highest BCUT2D eigenvalue weighted by Crippen LogP contribution is 2.22. The number of rotatable bonds is 7. The molecule has 2 rings (SSSR count). The molecule has 3 nitrogen and oxygen atoms in total. The van der Waals surface area contributed by atoms with Gasteiger partial charge >= 0.3 is 0 Å². The summed E-state index contributed by atoms with van der Waals surface area (Å²) in [6.07, 6.45) is 0.353. The molecule has 0 aromatic heterocycles. The molecule has 0 aliphatic carbocycles. The van der Waals surface area contributed by atoms with Crippen LogP contribution in [0.15, 0.2) is 48.5 Å². The van der Waals surface area contributed by atoms with E-state index in [-0.39, 0.29) is 11.9 Å². The van der Waals surface area contributed by atoms with E-state index in [0.717, 1.165) is 28.9 Å². The van der Waals surface area contributed by atoms with Crippen molar-refractivity contribution < 1.29 is 9.53 Å². The van der Waals surface area contributed by atoms with Crippen LogP contribution < -0.4 is 10.1 Å². The molecule has 2 atom stereocenters. The number of nitrogens with one attached hydrogen (secondary N) is 1. The molecule has 0 radical (unpaired) electrons. The van der Waals surface area contributed by atoms with Crippen LogP contribution >= 0.6 is 0 Å². The Hall–Kier alpha value is -2.29. The predicted octanol–water partition coefficient (Wildman–Crippen LogP) is 4.97. The molecule has 2 aromatic carbocycles. The first-order chi connectivity index (χ1) is 11.8. The van der Waals surface area contributed by atoms with E-state index in [4.69, 9.17) is 4.74 Å². The molecular formula is C22H29NO2. The van der Waals surface area contributed by atoms with Crippen molar-refractivity contribution in [1.82, 2.24) is 5.32 Å². The molecule has 0 saturated carbocycles. The van der Waals surface area contributed by atoms with Crippen LogP contribution in [0.1, 0.15) is 49.9 Å². The monoisotopic (exact) mass is 339 g/mol. The van der Waals surface area contributed by atoms with Gasteiger partial charge in [-0.3, -0.25) is 4.79 Å². The average Bonchev–Trinajstić information content (AvgIpc) is 2.53. The second-order valence-electron chi connectivity index (χ2n) is 7.18. The van der Waals surface area contributed by atoms with Gasteiger partial charge < -0.3 is 10.1 Å². The predicted molar refractivity (Wildman–Crippen MR) is 103 cm³/mol. The second kappa shape index (κ2) is 8.70. The Balaban J connectivity index is 2.06. The van der Waals surface area contributed by atoms with E-state index < -0.39 is 6.10 Å². The summed E-state index contributed by atoms with van der Waals surface area (Å²) in [4.78, 5) is 12.6. The fourth-order valence-corrected chi connectivity index (χ4v) is 2.98. The van der Waals surface area contributed by atoms with E-state index in [2.05, 4.69) is 37.4 Å². The number of aryl methyl sites for hydroxylation is 2. The van der Waals surface area contributed by atoms with Crippen molar-refractivity contribution in [1.29, 1.82) is 0 Å². The van der Waals surface area contributed by atoms with Crippen molar-refractivity contribution in [2.45, 2.75) is 53.2 Å². The quantitative estimate of drug-likeness (QED) is 0.773. The number of carbonyl (C=O) groups excluding carboxylic acids is 1. The third-order valence-corrected chi connectivity index (χ3v) is 4.10. The van der Waals surface area contributed by atoms with Crippen LogP contribution in [0.5, 0.6) is 5.75 Å². The van der Waals surface area contributed by atoms with Gasteiger partial charge in [0, 0.05) is 0 Å². The van der Waals surface area contributed by atoms with Crippen molar-refractivity contribution in [3.63, 3.8) is 0 Å². The van der Waals surface area contributed by atoms with Gasteiger partial charge in [-0.25, -0.2) is 0 Å². The topological polar surface area (TPSA) is 38.3 Å². The summed E-state index contributed by atoms with van der Waals surface area (Å²) in [6.45, 7) is 10.2. The van der Waals surface area contributed by atoms with Crippen LogP contribution in [0.25, 0.3) is 0 Å². The van der Waals surface area contributed by atoms with Gasteiger partial charge in [0.05, 0.1) is 6.04 Å². The first-order valence-corrected chi connectivity index (χ1v) is 8.95. The lowest BCUT2D eigenvalue weighted by Crippen LogP contribution is -2.39. The molecule has 1 amide bonds. The first kappa shape index (κ1) is 19.0. The van der Waals surface area contributed by atoms with Crippen molar-refractivity contribution in [3.05, 3.63) is 65.2 Å². The second-order valence-corrected chi connectivity index (χ2v) is 7.18. The number of hydrogen-bond acceptors (Lipinski definition) is 2. The fraction of sp³-hybridized carbons (Fsp3) is 0.409. The van der Waals surface area contributed by atoms with Gasteiger partial charge in [0.1, 0.15) is 5.75 Å². The lowest BCUT2D eigenvalue weighted by molar-refractivity contribution is -0.128. The molecule has 25 heavy (non-hydrogen) atoms. The van der Waals surface area contributed by atoms with Gasteiger partial charge in [-0.05, 0) is 61.9 Å². The lowest BCUT2D eigenvalue weighted by atomic mass is 9.97. The fourth-order valence-electron chi connectivity index (χ4n) is 2.98. The minimum Gasteiger partial charge on any atom is -0.481 e. The van der Waals surface area contributed by atoms with Crippen LogP contribution in [0.3, 0.4) is 0 Å². The van der Waals surface area contributed by atoms with Gasteiger partial charge in [-0.2, -0.15) is 0 Å². The summed E-state index contributed by atoms with van der Waals surface area (Å²) in [5, 5.41) is 3.15. The van der Waals surface area contributed by atoms with Crippen LogP contribution in [0.4, 0.5) is 0 Å². The van der Waals surface area contributed by atoms with Gasteiger partial charge in [0.2, 0.25) is 0 Å². The number of carbonyl (C=O) groups is 1. The maximum Gasteiger partial charge on any atom is 0.261 e. The van der Waals surface area contributed by atoms with Crippen LogP contribution in [-0.4, -0.2) is 12.0 Å². The molecule has 0 aliphatic heterocycles. The number of benzene rings is 2. The summed E-state index contributed by atoms with van der Waals surface area (Å²) < 4.78 is 5.87. The van der Waals surface area contributed by atoms with E-state index in [1.165, 1.54) is 0 Å². The molecule has 0 aliphatic rings. The highest BCUT2D eigenvalue weighted by molar-refractivity contribution is 5.81. The summed E-state index contributed by atoms with van der Waals surface area (Å²) in [6, 6.07) is 16.1.